The molecule has 4 rings (SSSR count). The van der Waals surface area contributed by atoms with Crippen LogP contribution < -0.4 is 15.0 Å². The van der Waals surface area contributed by atoms with Gasteiger partial charge in [-0.1, -0.05) is 18.2 Å². The Morgan fingerprint density at radius 3 is 2.86 bits per heavy atom. The lowest BCUT2D eigenvalue weighted by molar-refractivity contribution is -0.118. The van der Waals surface area contributed by atoms with Crippen molar-refractivity contribution in [1.29, 1.82) is 0 Å². The summed E-state index contributed by atoms with van der Waals surface area (Å²) in [5.74, 6) is 0.504. The largest absolute Gasteiger partial charge is 0.483 e. The number of benzene rings is 2. The molecular formula is C22H24N2O4. The first-order valence-corrected chi connectivity index (χ1v) is 9.75. The monoisotopic (exact) mass is 380 g/mol. The Hall–Kier alpha value is -2.86. The zero-order valence-corrected chi connectivity index (χ0v) is 15.7. The molecule has 2 aromatic carbocycles. The molecule has 0 radical (unpaired) electrons. The lowest BCUT2D eigenvalue weighted by Crippen LogP contribution is -2.24. The van der Waals surface area contributed by atoms with Gasteiger partial charge in [0.05, 0.1) is 6.10 Å². The van der Waals surface area contributed by atoms with Crippen molar-refractivity contribution in [3.63, 3.8) is 0 Å². The quantitative estimate of drug-likeness (QED) is 0.835. The first-order chi connectivity index (χ1) is 13.6. The van der Waals surface area contributed by atoms with E-state index >= 15 is 0 Å². The number of carbonyl (C=O) groups excluding carboxylic acids is 2. The Labute approximate surface area is 164 Å². The summed E-state index contributed by atoms with van der Waals surface area (Å²) in [4.78, 5) is 26.0. The van der Waals surface area contributed by atoms with Crippen LogP contribution in [0.2, 0.25) is 0 Å². The van der Waals surface area contributed by atoms with Crippen LogP contribution in [0.5, 0.6) is 5.75 Å². The van der Waals surface area contributed by atoms with Crippen molar-refractivity contribution in [2.24, 2.45) is 0 Å². The molecule has 0 aromatic heterocycles. The van der Waals surface area contributed by atoms with Gasteiger partial charge in [-0.15, -0.1) is 0 Å². The fourth-order valence-corrected chi connectivity index (χ4v) is 3.94. The number of amides is 2. The maximum atomic E-state index is 12.3. The molecule has 146 valence electrons. The van der Waals surface area contributed by atoms with Gasteiger partial charge in [0.1, 0.15) is 5.75 Å². The minimum absolute atomic E-state index is 0.112. The molecule has 0 saturated carbocycles. The van der Waals surface area contributed by atoms with Crippen molar-refractivity contribution in [3.05, 3.63) is 53.6 Å². The van der Waals surface area contributed by atoms with Gasteiger partial charge in [0.15, 0.2) is 6.61 Å². The van der Waals surface area contributed by atoms with Gasteiger partial charge in [0, 0.05) is 24.3 Å². The summed E-state index contributed by atoms with van der Waals surface area (Å²) in [5, 5.41) is 13.0. The normalized spacial score (nSPS) is 18.7. The third-order valence-corrected chi connectivity index (χ3v) is 5.31. The molecule has 0 bridgehead atoms. The van der Waals surface area contributed by atoms with Gasteiger partial charge in [-0.2, -0.15) is 0 Å². The zero-order valence-electron chi connectivity index (χ0n) is 15.7. The minimum atomic E-state index is -0.461. The zero-order chi connectivity index (χ0) is 19.5. The molecule has 1 heterocycles. The number of carbonyl (C=O) groups is 2. The molecule has 2 aliphatic rings. The van der Waals surface area contributed by atoms with E-state index < -0.39 is 6.10 Å². The topological polar surface area (TPSA) is 78.9 Å². The SMILES string of the molecule is O=C(COc1cccc2c1CCC[C@@H]2O)Nc1cccc(N2CCCC2=O)c1. The van der Waals surface area contributed by atoms with E-state index in [0.29, 0.717) is 24.4 Å². The fourth-order valence-electron chi connectivity index (χ4n) is 3.94. The van der Waals surface area contributed by atoms with Crippen LogP contribution in [0.4, 0.5) is 11.4 Å². The predicted molar refractivity (Wildman–Crippen MR) is 106 cm³/mol. The third-order valence-electron chi connectivity index (χ3n) is 5.31. The number of hydrogen-bond acceptors (Lipinski definition) is 4. The van der Waals surface area contributed by atoms with Gasteiger partial charge < -0.3 is 20.1 Å². The van der Waals surface area contributed by atoms with Crippen molar-refractivity contribution in [3.8, 4) is 5.75 Å². The Balaban J connectivity index is 1.39. The molecule has 0 spiro atoms. The molecule has 6 heteroatoms. The van der Waals surface area contributed by atoms with E-state index in [0.717, 1.165) is 42.5 Å². The lowest BCUT2D eigenvalue weighted by Gasteiger charge is -2.23. The summed E-state index contributed by atoms with van der Waals surface area (Å²) in [6.07, 6.45) is 3.48. The molecule has 28 heavy (non-hydrogen) atoms. The molecule has 2 amide bonds. The number of ether oxygens (including phenoxy) is 1. The van der Waals surface area contributed by atoms with E-state index in [1.165, 1.54) is 0 Å². The van der Waals surface area contributed by atoms with E-state index in [4.69, 9.17) is 4.74 Å². The summed E-state index contributed by atoms with van der Waals surface area (Å²) < 4.78 is 5.75. The average Bonchev–Trinajstić information content (AvgIpc) is 3.13. The Morgan fingerprint density at radius 1 is 1.18 bits per heavy atom. The molecule has 2 N–H and O–H groups in total. The summed E-state index contributed by atoms with van der Waals surface area (Å²) in [6, 6.07) is 12.9. The highest BCUT2D eigenvalue weighted by atomic mass is 16.5. The second-order valence-electron chi connectivity index (χ2n) is 7.27. The van der Waals surface area contributed by atoms with Gasteiger partial charge >= 0.3 is 0 Å². The predicted octanol–water partition coefficient (Wildman–Crippen LogP) is 3.20. The third kappa shape index (κ3) is 3.87. The number of aliphatic hydroxyl groups is 1. The first kappa shape index (κ1) is 18.5. The van der Waals surface area contributed by atoms with Crippen LogP contribution in [-0.2, 0) is 16.0 Å². The molecule has 2 aromatic rings. The average molecular weight is 380 g/mol. The first-order valence-electron chi connectivity index (χ1n) is 9.75. The number of nitrogens with zero attached hydrogens (tertiary/aromatic N) is 1. The molecule has 1 saturated heterocycles. The smallest absolute Gasteiger partial charge is 0.262 e. The molecule has 6 nitrogen and oxygen atoms in total. The van der Waals surface area contributed by atoms with Gasteiger partial charge in [0.2, 0.25) is 5.91 Å². The molecule has 1 fully saturated rings. The van der Waals surface area contributed by atoms with Crippen LogP contribution in [0, 0.1) is 0 Å². The number of nitrogens with one attached hydrogen (secondary N) is 1. The highest BCUT2D eigenvalue weighted by Gasteiger charge is 2.22. The lowest BCUT2D eigenvalue weighted by atomic mass is 9.89. The maximum Gasteiger partial charge on any atom is 0.262 e. The second-order valence-corrected chi connectivity index (χ2v) is 7.27. The number of aliphatic hydroxyl groups excluding tert-OH is 1. The molecule has 1 aliphatic heterocycles. The van der Waals surface area contributed by atoms with Gasteiger partial charge in [0.25, 0.3) is 5.91 Å². The van der Waals surface area contributed by atoms with Crippen LogP contribution in [-0.4, -0.2) is 30.1 Å². The second kappa shape index (κ2) is 8.02. The molecular weight excluding hydrogens is 356 g/mol. The number of rotatable bonds is 5. The van der Waals surface area contributed by atoms with Crippen LogP contribution in [0.1, 0.15) is 42.9 Å². The Kier molecular flexibility index (Phi) is 5.30. The standard InChI is InChI=1S/C22H24N2O4/c25-19-9-2-8-18-17(19)7-3-10-20(18)28-14-21(26)23-15-5-1-6-16(13-15)24-12-4-11-22(24)27/h1,3,5-7,10,13,19,25H,2,4,8-9,11-12,14H2,(H,23,26)/t19-/m0/s1. The van der Waals surface area contributed by atoms with Gasteiger partial charge in [-0.05, 0) is 61.1 Å². The summed E-state index contributed by atoms with van der Waals surface area (Å²) >= 11 is 0. The Bertz CT molecular complexity index is 896. The molecule has 1 aliphatic carbocycles. The van der Waals surface area contributed by atoms with Crippen molar-refractivity contribution in [2.75, 3.05) is 23.4 Å². The van der Waals surface area contributed by atoms with E-state index in [2.05, 4.69) is 5.32 Å². The maximum absolute atomic E-state index is 12.3. The van der Waals surface area contributed by atoms with E-state index in [1.807, 2.05) is 36.4 Å². The molecule has 1 atom stereocenters. The van der Waals surface area contributed by atoms with Crippen molar-refractivity contribution in [2.45, 2.75) is 38.2 Å². The van der Waals surface area contributed by atoms with E-state index in [-0.39, 0.29) is 18.4 Å². The summed E-state index contributed by atoms with van der Waals surface area (Å²) in [7, 11) is 0. The summed E-state index contributed by atoms with van der Waals surface area (Å²) in [6.45, 7) is 0.601. The van der Waals surface area contributed by atoms with Gasteiger partial charge in [-0.3, -0.25) is 9.59 Å². The van der Waals surface area contributed by atoms with E-state index in [9.17, 15) is 14.7 Å². The van der Waals surface area contributed by atoms with Crippen LogP contribution >= 0.6 is 0 Å². The van der Waals surface area contributed by atoms with Gasteiger partial charge in [-0.25, -0.2) is 0 Å². The van der Waals surface area contributed by atoms with Crippen molar-refractivity contribution >= 4 is 23.2 Å². The fraction of sp³-hybridized carbons (Fsp3) is 0.364. The van der Waals surface area contributed by atoms with Crippen molar-refractivity contribution < 1.29 is 19.4 Å². The highest BCUT2D eigenvalue weighted by molar-refractivity contribution is 5.97. The van der Waals surface area contributed by atoms with Crippen LogP contribution in [0.25, 0.3) is 0 Å². The minimum Gasteiger partial charge on any atom is -0.483 e. The van der Waals surface area contributed by atoms with Crippen LogP contribution in [0.3, 0.4) is 0 Å². The number of anilines is 2. The molecule has 0 unspecified atom stereocenters. The number of fused-ring (bicyclic) bond motifs is 1. The Morgan fingerprint density at radius 2 is 2.04 bits per heavy atom. The van der Waals surface area contributed by atoms with Crippen LogP contribution in [0.15, 0.2) is 42.5 Å². The van der Waals surface area contributed by atoms with Crippen molar-refractivity contribution in [1.82, 2.24) is 0 Å². The highest BCUT2D eigenvalue weighted by Crippen LogP contribution is 2.35. The van der Waals surface area contributed by atoms with E-state index in [1.54, 1.807) is 11.0 Å². The number of hydrogen-bond donors (Lipinski definition) is 2. The summed E-state index contributed by atoms with van der Waals surface area (Å²) in [5.41, 5.74) is 3.32.